The van der Waals surface area contributed by atoms with Crippen molar-refractivity contribution >= 4 is 33.7 Å². The lowest BCUT2D eigenvalue weighted by molar-refractivity contribution is 0.103. The van der Waals surface area contributed by atoms with Crippen molar-refractivity contribution < 1.29 is 4.79 Å². The second-order valence-electron chi connectivity index (χ2n) is 4.37. The number of hydrogen-bond donors (Lipinski definition) is 2. The molecule has 2 aromatic rings. The molecular formula is C14H13N3OS2. The minimum atomic E-state index is -0.145. The van der Waals surface area contributed by atoms with Crippen LogP contribution in [0.5, 0.6) is 0 Å². The SMILES string of the molecule is NCC#Cc1ccsc1C(=O)Nc1nc2c(s1)CCC2. The molecule has 0 atom stereocenters. The Kier molecular flexibility index (Phi) is 3.83. The Morgan fingerprint density at radius 3 is 3.20 bits per heavy atom. The number of aromatic nitrogens is 1. The van der Waals surface area contributed by atoms with Crippen LogP contribution in [0.3, 0.4) is 0 Å². The summed E-state index contributed by atoms with van der Waals surface area (Å²) in [5, 5.41) is 5.41. The number of aryl methyl sites for hydroxylation is 2. The highest BCUT2D eigenvalue weighted by Crippen LogP contribution is 2.31. The summed E-state index contributed by atoms with van der Waals surface area (Å²) in [4.78, 5) is 18.6. The van der Waals surface area contributed by atoms with Crippen molar-refractivity contribution in [2.45, 2.75) is 19.3 Å². The van der Waals surface area contributed by atoms with Crippen molar-refractivity contribution in [2.24, 2.45) is 5.73 Å². The van der Waals surface area contributed by atoms with Crippen molar-refractivity contribution in [2.75, 3.05) is 11.9 Å². The average Bonchev–Trinajstić information content (AvgIpc) is 3.10. The van der Waals surface area contributed by atoms with Gasteiger partial charge in [0.15, 0.2) is 5.13 Å². The van der Waals surface area contributed by atoms with Gasteiger partial charge in [-0.05, 0) is 30.7 Å². The molecule has 1 aliphatic carbocycles. The highest BCUT2D eigenvalue weighted by Gasteiger charge is 2.19. The number of thiophene rings is 1. The van der Waals surface area contributed by atoms with Gasteiger partial charge in [0, 0.05) is 10.4 Å². The molecule has 20 heavy (non-hydrogen) atoms. The fourth-order valence-corrected chi connectivity index (χ4v) is 3.92. The molecule has 6 heteroatoms. The third-order valence-corrected chi connectivity index (χ3v) is 5.00. The lowest BCUT2D eigenvalue weighted by Gasteiger charge is -2.00. The molecule has 4 nitrogen and oxygen atoms in total. The van der Waals surface area contributed by atoms with Gasteiger partial charge in [-0.3, -0.25) is 10.1 Å². The summed E-state index contributed by atoms with van der Waals surface area (Å²) in [7, 11) is 0. The van der Waals surface area contributed by atoms with Crippen molar-refractivity contribution in [1.29, 1.82) is 0 Å². The topological polar surface area (TPSA) is 68.0 Å². The van der Waals surface area contributed by atoms with Crippen LogP contribution in [-0.4, -0.2) is 17.4 Å². The van der Waals surface area contributed by atoms with E-state index in [1.807, 2.05) is 11.4 Å². The number of anilines is 1. The van der Waals surface area contributed by atoms with Gasteiger partial charge >= 0.3 is 0 Å². The number of fused-ring (bicyclic) bond motifs is 1. The van der Waals surface area contributed by atoms with Crippen molar-refractivity contribution in [3.8, 4) is 11.8 Å². The van der Waals surface area contributed by atoms with Gasteiger partial charge in [-0.1, -0.05) is 11.8 Å². The van der Waals surface area contributed by atoms with Crippen LogP contribution in [0.25, 0.3) is 0 Å². The van der Waals surface area contributed by atoms with Crippen LogP contribution in [0.4, 0.5) is 5.13 Å². The molecule has 2 aromatic heterocycles. The Morgan fingerprint density at radius 1 is 1.50 bits per heavy atom. The molecule has 0 unspecified atom stereocenters. The van der Waals surface area contributed by atoms with E-state index in [0.29, 0.717) is 10.0 Å². The largest absolute Gasteiger partial charge is 0.320 e. The third-order valence-electron chi connectivity index (χ3n) is 3.01. The third kappa shape index (κ3) is 2.61. The summed E-state index contributed by atoms with van der Waals surface area (Å²) in [6.07, 6.45) is 3.27. The minimum Gasteiger partial charge on any atom is -0.320 e. The standard InChI is InChI=1S/C14H13N3OS2/c15-7-2-3-9-6-8-19-12(9)13(18)17-14-16-10-4-1-5-11(10)20-14/h6,8H,1,4-5,7,15H2,(H,16,17,18). The van der Waals surface area contributed by atoms with Crippen LogP contribution in [0, 0.1) is 11.8 Å². The Balaban J connectivity index is 1.77. The molecular weight excluding hydrogens is 290 g/mol. The summed E-state index contributed by atoms with van der Waals surface area (Å²) in [6.45, 7) is 0.288. The molecule has 1 aliphatic rings. The van der Waals surface area contributed by atoms with E-state index in [1.165, 1.54) is 22.6 Å². The number of carbonyl (C=O) groups is 1. The summed E-state index contributed by atoms with van der Waals surface area (Å²) < 4.78 is 0. The number of hydrogen-bond acceptors (Lipinski definition) is 5. The lowest BCUT2D eigenvalue weighted by atomic mass is 10.2. The van der Waals surface area contributed by atoms with E-state index in [4.69, 9.17) is 5.73 Å². The molecule has 0 saturated heterocycles. The van der Waals surface area contributed by atoms with Gasteiger partial charge < -0.3 is 5.73 Å². The van der Waals surface area contributed by atoms with Gasteiger partial charge in [-0.2, -0.15) is 0 Å². The van der Waals surface area contributed by atoms with Crippen LogP contribution in [-0.2, 0) is 12.8 Å². The summed E-state index contributed by atoms with van der Waals surface area (Å²) >= 11 is 2.96. The van der Waals surface area contributed by atoms with Crippen molar-refractivity contribution in [1.82, 2.24) is 4.98 Å². The first-order chi connectivity index (χ1) is 9.78. The van der Waals surface area contributed by atoms with E-state index in [9.17, 15) is 4.79 Å². The second-order valence-corrected chi connectivity index (χ2v) is 6.37. The molecule has 2 heterocycles. The first kappa shape index (κ1) is 13.3. The number of amides is 1. The molecule has 0 bridgehead atoms. The van der Waals surface area contributed by atoms with Gasteiger partial charge in [0.25, 0.3) is 5.91 Å². The maximum absolute atomic E-state index is 12.3. The normalized spacial score (nSPS) is 12.7. The summed E-state index contributed by atoms with van der Waals surface area (Å²) in [6, 6.07) is 1.84. The molecule has 0 fully saturated rings. The molecule has 0 saturated carbocycles. The molecule has 0 radical (unpaired) electrons. The van der Waals surface area contributed by atoms with Gasteiger partial charge in [0.1, 0.15) is 4.88 Å². The molecule has 102 valence electrons. The van der Waals surface area contributed by atoms with Gasteiger partial charge in [0.05, 0.1) is 12.2 Å². The van der Waals surface area contributed by atoms with E-state index in [1.54, 1.807) is 11.3 Å². The number of nitrogens with zero attached hydrogens (tertiary/aromatic N) is 1. The zero-order chi connectivity index (χ0) is 13.9. The van der Waals surface area contributed by atoms with E-state index in [-0.39, 0.29) is 12.5 Å². The number of thiazole rings is 1. The van der Waals surface area contributed by atoms with Crippen LogP contribution in [0.1, 0.15) is 32.2 Å². The average molecular weight is 303 g/mol. The Labute approximate surface area is 125 Å². The second kappa shape index (κ2) is 5.75. The molecule has 3 rings (SSSR count). The summed E-state index contributed by atoms with van der Waals surface area (Å²) in [5.74, 6) is 5.54. The number of nitrogens with two attached hydrogens (primary N) is 1. The zero-order valence-corrected chi connectivity index (χ0v) is 12.4. The Morgan fingerprint density at radius 2 is 2.40 bits per heavy atom. The number of nitrogens with one attached hydrogen (secondary N) is 1. The maximum atomic E-state index is 12.3. The van der Waals surface area contributed by atoms with Gasteiger partial charge in [0.2, 0.25) is 0 Å². The summed E-state index contributed by atoms with van der Waals surface area (Å²) in [5.41, 5.74) is 7.22. The zero-order valence-electron chi connectivity index (χ0n) is 10.7. The first-order valence-corrected chi connectivity index (χ1v) is 8.04. The van der Waals surface area contributed by atoms with Crippen molar-refractivity contribution in [3.63, 3.8) is 0 Å². The molecule has 0 aromatic carbocycles. The quantitative estimate of drug-likeness (QED) is 0.836. The monoisotopic (exact) mass is 303 g/mol. The molecule has 0 spiro atoms. The number of carbonyl (C=O) groups excluding carboxylic acids is 1. The predicted molar refractivity (Wildman–Crippen MR) is 82.3 cm³/mol. The van der Waals surface area contributed by atoms with Crippen molar-refractivity contribution in [3.05, 3.63) is 32.5 Å². The van der Waals surface area contributed by atoms with E-state index < -0.39 is 0 Å². The van der Waals surface area contributed by atoms with E-state index in [0.717, 1.165) is 24.1 Å². The predicted octanol–water partition coefficient (Wildman–Crippen LogP) is 2.26. The minimum absolute atomic E-state index is 0.145. The van der Waals surface area contributed by atoms with E-state index >= 15 is 0 Å². The van der Waals surface area contributed by atoms with Gasteiger partial charge in [-0.25, -0.2) is 4.98 Å². The number of rotatable bonds is 2. The highest BCUT2D eigenvalue weighted by atomic mass is 32.1. The maximum Gasteiger partial charge on any atom is 0.268 e. The van der Waals surface area contributed by atoms with E-state index in [2.05, 4.69) is 22.1 Å². The Hall–Kier alpha value is -1.68. The van der Waals surface area contributed by atoms with Crippen LogP contribution in [0.15, 0.2) is 11.4 Å². The Bertz CT molecular complexity index is 684. The van der Waals surface area contributed by atoms with Gasteiger partial charge in [-0.15, -0.1) is 22.7 Å². The fraction of sp³-hybridized carbons (Fsp3) is 0.286. The highest BCUT2D eigenvalue weighted by molar-refractivity contribution is 7.16. The molecule has 0 aliphatic heterocycles. The van der Waals surface area contributed by atoms with Crippen LogP contribution in [0.2, 0.25) is 0 Å². The smallest absolute Gasteiger partial charge is 0.268 e. The van der Waals surface area contributed by atoms with Crippen LogP contribution >= 0.6 is 22.7 Å². The lowest BCUT2D eigenvalue weighted by Crippen LogP contribution is -2.11. The molecule has 1 amide bonds. The fourth-order valence-electron chi connectivity index (χ4n) is 2.13. The molecule has 3 N–H and O–H groups in total. The first-order valence-electron chi connectivity index (χ1n) is 6.34. The van der Waals surface area contributed by atoms with Crippen LogP contribution < -0.4 is 11.1 Å².